The number of nitrogens with zero attached hydrogens (tertiary/aromatic N) is 3. The third kappa shape index (κ3) is 5.31. The van der Waals surface area contributed by atoms with Crippen molar-refractivity contribution in [1.82, 2.24) is 19.7 Å². The molecule has 2 atom stereocenters. The lowest BCUT2D eigenvalue weighted by Crippen LogP contribution is -2.23. The fourth-order valence-corrected chi connectivity index (χ4v) is 3.17. The molecule has 8 heteroatoms. The zero-order chi connectivity index (χ0) is 17.6. The van der Waals surface area contributed by atoms with Gasteiger partial charge in [-0.15, -0.1) is 0 Å². The average Bonchev–Trinajstić information content (AvgIpc) is 3.00. The van der Waals surface area contributed by atoms with Crippen molar-refractivity contribution >= 4 is 17.5 Å². The summed E-state index contributed by atoms with van der Waals surface area (Å²) in [5.41, 5.74) is 0.568. The van der Waals surface area contributed by atoms with E-state index < -0.39 is 0 Å². The molecule has 0 aliphatic carbocycles. The average molecular weight is 366 g/mol. The molecule has 2 aromatic heterocycles. The van der Waals surface area contributed by atoms with E-state index in [1.165, 1.54) is 12.5 Å². The normalized spacial score (nSPS) is 18.9. The van der Waals surface area contributed by atoms with Crippen molar-refractivity contribution in [2.24, 2.45) is 0 Å². The second-order valence-electron chi connectivity index (χ2n) is 6.50. The Balaban J connectivity index is 1.58. The van der Waals surface area contributed by atoms with E-state index in [2.05, 4.69) is 20.4 Å². The van der Waals surface area contributed by atoms with Crippen molar-refractivity contribution in [2.75, 3.05) is 18.5 Å². The Bertz CT molecular complexity index is 739. The minimum absolute atomic E-state index is 0.0421. The molecule has 0 saturated carbocycles. The van der Waals surface area contributed by atoms with Crippen LogP contribution in [0, 0.1) is 0 Å². The van der Waals surface area contributed by atoms with E-state index in [0.29, 0.717) is 23.6 Å². The van der Waals surface area contributed by atoms with Crippen molar-refractivity contribution < 1.29 is 4.74 Å². The molecule has 3 rings (SSSR count). The highest BCUT2D eigenvalue weighted by Crippen LogP contribution is 2.17. The Hall–Kier alpha value is -1.86. The first kappa shape index (κ1) is 17.9. The Morgan fingerprint density at radius 3 is 3.12 bits per heavy atom. The van der Waals surface area contributed by atoms with Gasteiger partial charge in [0.25, 0.3) is 5.56 Å². The van der Waals surface area contributed by atoms with Crippen LogP contribution in [0.15, 0.2) is 23.3 Å². The van der Waals surface area contributed by atoms with E-state index in [1.807, 2.05) is 6.92 Å². The van der Waals surface area contributed by atoms with Crippen LogP contribution in [0.25, 0.3) is 0 Å². The number of aromatic nitrogens is 4. The van der Waals surface area contributed by atoms with Crippen LogP contribution in [0.1, 0.15) is 44.2 Å². The SMILES string of the molecule is C[C@@H](Cn1cc(Cl)cn1)c1cc(=O)[nH]c(NCC[C@H]2CCCCO2)n1. The maximum Gasteiger partial charge on any atom is 0.252 e. The summed E-state index contributed by atoms with van der Waals surface area (Å²) in [6.07, 6.45) is 8.06. The Morgan fingerprint density at radius 2 is 2.40 bits per heavy atom. The van der Waals surface area contributed by atoms with Gasteiger partial charge >= 0.3 is 0 Å². The van der Waals surface area contributed by atoms with Crippen LogP contribution in [0.3, 0.4) is 0 Å². The quantitative estimate of drug-likeness (QED) is 0.788. The van der Waals surface area contributed by atoms with E-state index in [9.17, 15) is 4.79 Å². The van der Waals surface area contributed by atoms with Gasteiger partial charge in [-0.25, -0.2) is 4.98 Å². The molecular weight excluding hydrogens is 342 g/mol. The fraction of sp³-hybridized carbons (Fsp3) is 0.588. The monoisotopic (exact) mass is 365 g/mol. The van der Waals surface area contributed by atoms with E-state index in [-0.39, 0.29) is 11.5 Å². The summed E-state index contributed by atoms with van der Waals surface area (Å²) < 4.78 is 7.47. The van der Waals surface area contributed by atoms with Crippen LogP contribution in [-0.2, 0) is 11.3 Å². The van der Waals surface area contributed by atoms with E-state index in [4.69, 9.17) is 16.3 Å². The molecule has 0 aromatic carbocycles. The summed E-state index contributed by atoms with van der Waals surface area (Å²) in [5, 5.41) is 7.97. The predicted molar refractivity (Wildman–Crippen MR) is 97.2 cm³/mol. The minimum atomic E-state index is -0.160. The smallest absolute Gasteiger partial charge is 0.252 e. The molecule has 136 valence electrons. The van der Waals surface area contributed by atoms with Crippen LogP contribution < -0.4 is 10.9 Å². The lowest BCUT2D eigenvalue weighted by Gasteiger charge is -2.22. The molecule has 0 spiro atoms. The molecule has 0 radical (unpaired) electrons. The van der Waals surface area contributed by atoms with Gasteiger partial charge in [-0.2, -0.15) is 5.10 Å². The molecule has 1 fully saturated rings. The number of halogens is 1. The highest BCUT2D eigenvalue weighted by atomic mass is 35.5. The Kier molecular flexibility index (Phi) is 6.09. The molecule has 0 bridgehead atoms. The highest BCUT2D eigenvalue weighted by Gasteiger charge is 2.14. The van der Waals surface area contributed by atoms with Crippen molar-refractivity contribution in [1.29, 1.82) is 0 Å². The molecule has 1 saturated heterocycles. The van der Waals surface area contributed by atoms with Gasteiger partial charge in [-0.3, -0.25) is 14.5 Å². The largest absolute Gasteiger partial charge is 0.378 e. The lowest BCUT2D eigenvalue weighted by molar-refractivity contribution is 0.0134. The zero-order valence-corrected chi connectivity index (χ0v) is 15.1. The molecular formula is C17H24ClN5O2. The van der Waals surface area contributed by atoms with Crippen molar-refractivity contribution in [3.8, 4) is 0 Å². The topological polar surface area (TPSA) is 84.8 Å². The Labute approximate surface area is 151 Å². The second kappa shape index (κ2) is 8.49. The summed E-state index contributed by atoms with van der Waals surface area (Å²) in [5.74, 6) is 0.546. The maximum absolute atomic E-state index is 11.9. The van der Waals surface area contributed by atoms with Crippen LogP contribution in [0.4, 0.5) is 5.95 Å². The molecule has 0 unspecified atom stereocenters. The number of rotatable bonds is 7. The van der Waals surface area contributed by atoms with Crippen LogP contribution >= 0.6 is 11.6 Å². The number of anilines is 1. The van der Waals surface area contributed by atoms with E-state index in [0.717, 1.165) is 38.1 Å². The Morgan fingerprint density at radius 1 is 1.52 bits per heavy atom. The predicted octanol–water partition coefficient (Wildman–Crippen LogP) is 2.79. The second-order valence-corrected chi connectivity index (χ2v) is 6.94. The molecule has 0 amide bonds. The van der Waals surface area contributed by atoms with Crippen molar-refractivity contribution in [2.45, 2.75) is 51.2 Å². The summed E-state index contributed by atoms with van der Waals surface area (Å²) in [4.78, 5) is 19.2. The van der Waals surface area contributed by atoms with Gasteiger partial charge in [0.2, 0.25) is 5.95 Å². The van der Waals surface area contributed by atoms with E-state index >= 15 is 0 Å². The molecule has 25 heavy (non-hydrogen) atoms. The van der Waals surface area contributed by atoms with Crippen molar-refractivity contribution in [3.05, 3.63) is 39.5 Å². The fourth-order valence-electron chi connectivity index (χ4n) is 3.01. The first-order chi connectivity index (χ1) is 12.1. The first-order valence-electron chi connectivity index (χ1n) is 8.75. The van der Waals surface area contributed by atoms with Gasteiger partial charge in [0.1, 0.15) is 0 Å². The van der Waals surface area contributed by atoms with Gasteiger partial charge in [0.15, 0.2) is 0 Å². The van der Waals surface area contributed by atoms with E-state index in [1.54, 1.807) is 17.1 Å². The summed E-state index contributed by atoms with van der Waals surface area (Å²) in [7, 11) is 0. The number of nitrogens with one attached hydrogen (secondary N) is 2. The molecule has 2 aromatic rings. The van der Waals surface area contributed by atoms with Gasteiger partial charge in [0.05, 0.1) is 23.0 Å². The number of H-pyrrole nitrogens is 1. The van der Waals surface area contributed by atoms with Crippen LogP contribution in [0.5, 0.6) is 0 Å². The number of hydrogen-bond acceptors (Lipinski definition) is 5. The number of aromatic amines is 1. The molecule has 3 heterocycles. The van der Waals surface area contributed by atoms with Crippen molar-refractivity contribution in [3.63, 3.8) is 0 Å². The van der Waals surface area contributed by atoms with Crippen LogP contribution in [-0.4, -0.2) is 39.0 Å². The molecule has 1 aliphatic rings. The highest BCUT2D eigenvalue weighted by molar-refractivity contribution is 6.30. The number of hydrogen-bond donors (Lipinski definition) is 2. The third-order valence-electron chi connectivity index (χ3n) is 4.36. The summed E-state index contributed by atoms with van der Waals surface area (Å²) >= 11 is 5.89. The standard InChI is InChI=1S/C17H24ClN5O2/c1-12(10-23-11-13(18)9-20-23)15-8-16(24)22-17(21-15)19-6-5-14-4-2-3-7-25-14/h8-9,11-12,14H,2-7,10H2,1H3,(H2,19,21,22,24)/t12-,14+/m0/s1. The van der Waals surface area contributed by atoms with Crippen LogP contribution in [0.2, 0.25) is 5.02 Å². The summed E-state index contributed by atoms with van der Waals surface area (Å²) in [6, 6.07) is 1.53. The number of ether oxygens (including phenoxy) is 1. The summed E-state index contributed by atoms with van der Waals surface area (Å²) in [6.45, 7) is 4.19. The molecule has 2 N–H and O–H groups in total. The van der Waals surface area contributed by atoms with Gasteiger partial charge in [0, 0.05) is 37.9 Å². The minimum Gasteiger partial charge on any atom is -0.378 e. The van der Waals surface area contributed by atoms with Gasteiger partial charge in [-0.1, -0.05) is 18.5 Å². The molecule has 1 aliphatic heterocycles. The first-order valence-corrected chi connectivity index (χ1v) is 9.12. The third-order valence-corrected chi connectivity index (χ3v) is 4.56. The van der Waals surface area contributed by atoms with Gasteiger partial charge < -0.3 is 10.1 Å². The maximum atomic E-state index is 11.9. The van der Waals surface area contributed by atoms with Gasteiger partial charge in [-0.05, 0) is 25.7 Å². The lowest BCUT2D eigenvalue weighted by atomic mass is 10.1. The zero-order valence-electron chi connectivity index (χ0n) is 14.4. The molecule has 7 nitrogen and oxygen atoms in total.